The van der Waals surface area contributed by atoms with Crippen LogP contribution in [0.3, 0.4) is 0 Å². The monoisotopic (exact) mass is 337 g/mol. The van der Waals surface area contributed by atoms with E-state index >= 15 is 0 Å². The summed E-state index contributed by atoms with van der Waals surface area (Å²) in [6, 6.07) is 8.55. The fraction of sp³-hybridized carbons (Fsp3) is 0.389. The quantitative estimate of drug-likeness (QED) is 0.766. The molecule has 0 amide bonds. The number of hydrogen-bond acceptors (Lipinski definition) is 5. The summed E-state index contributed by atoms with van der Waals surface area (Å²) in [4.78, 5) is 9.15. The normalized spacial score (nSPS) is 16.4. The summed E-state index contributed by atoms with van der Waals surface area (Å²) in [6.45, 7) is 8.14. The number of benzene rings is 1. The first kappa shape index (κ1) is 16.0. The van der Waals surface area contributed by atoms with E-state index in [9.17, 15) is 0 Å². The van der Waals surface area contributed by atoms with E-state index in [-0.39, 0.29) is 0 Å². The molecule has 0 spiro atoms. The molecule has 1 N–H and O–H groups in total. The lowest BCUT2D eigenvalue weighted by molar-refractivity contribution is 0.120. The van der Waals surface area contributed by atoms with E-state index in [1.54, 1.807) is 6.33 Å². The van der Waals surface area contributed by atoms with Gasteiger partial charge in [0, 0.05) is 45.1 Å². The molecule has 0 unspecified atom stereocenters. The molecular weight excluding hydrogens is 314 g/mol. The molecule has 0 bridgehead atoms. The van der Waals surface area contributed by atoms with Gasteiger partial charge in [-0.15, -0.1) is 0 Å². The molecule has 25 heavy (non-hydrogen) atoms. The lowest BCUT2D eigenvalue weighted by Gasteiger charge is -2.34. The Morgan fingerprint density at radius 1 is 1.08 bits per heavy atom. The minimum absolute atomic E-state index is 0.844. The van der Waals surface area contributed by atoms with Crippen molar-refractivity contribution >= 4 is 0 Å². The molecule has 1 aliphatic rings. The third-order valence-electron chi connectivity index (χ3n) is 4.68. The standard InChI is InChI=1S/C18H23N7/c1-15-3-4-17(25-6-2-5-21-25)16(11-15)12-23-7-9-24(10-8-23)13-18-19-14-20-22-18/h2-6,11,14H,7-10,12-13H2,1H3,(H,19,20,22). The number of aromatic nitrogens is 5. The van der Waals surface area contributed by atoms with Crippen LogP contribution in [0.1, 0.15) is 17.0 Å². The second kappa shape index (κ2) is 7.16. The number of H-pyrrole nitrogens is 1. The number of piperazine rings is 1. The highest BCUT2D eigenvalue weighted by atomic mass is 15.3. The van der Waals surface area contributed by atoms with E-state index in [1.165, 1.54) is 16.8 Å². The highest BCUT2D eigenvalue weighted by Crippen LogP contribution is 2.19. The van der Waals surface area contributed by atoms with E-state index in [1.807, 2.05) is 23.1 Å². The molecule has 1 fully saturated rings. The van der Waals surface area contributed by atoms with Crippen molar-refractivity contribution in [3.05, 3.63) is 59.9 Å². The van der Waals surface area contributed by atoms with Crippen LogP contribution in [-0.4, -0.2) is 60.9 Å². The summed E-state index contributed by atoms with van der Waals surface area (Å²) in [7, 11) is 0. The Kier molecular flexibility index (Phi) is 4.58. The van der Waals surface area contributed by atoms with E-state index < -0.39 is 0 Å². The Labute approximate surface area is 147 Å². The van der Waals surface area contributed by atoms with Crippen LogP contribution in [0.4, 0.5) is 0 Å². The van der Waals surface area contributed by atoms with Gasteiger partial charge in [0.25, 0.3) is 0 Å². The molecule has 1 saturated heterocycles. The van der Waals surface area contributed by atoms with Crippen molar-refractivity contribution in [2.75, 3.05) is 26.2 Å². The van der Waals surface area contributed by atoms with Gasteiger partial charge in [-0.3, -0.25) is 14.9 Å². The van der Waals surface area contributed by atoms with E-state index in [0.29, 0.717) is 0 Å². The van der Waals surface area contributed by atoms with Gasteiger partial charge in [-0.2, -0.15) is 10.2 Å². The molecule has 7 heteroatoms. The van der Waals surface area contributed by atoms with Crippen LogP contribution in [0.15, 0.2) is 43.0 Å². The van der Waals surface area contributed by atoms with Gasteiger partial charge in [0.2, 0.25) is 0 Å². The Morgan fingerprint density at radius 2 is 1.88 bits per heavy atom. The lowest BCUT2D eigenvalue weighted by atomic mass is 10.1. The first-order valence-electron chi connectivity index (χ1n) is 8.66. The first-order chi connectivity index (χ1) is 12.3. The summed E-state index contributed by atoms with van der Waals surface area (Å²) in [5, 5.41) is 11.3. The van der Waals surface area contributed by atoms with Gasteiger partial charge in [-0.1, -0.05) is 17.7 Å². The SMILES string of the molecule is Cc1ccc(-n2cccn2)c(CN2CCN(Cc3ncn[nH]3)CC2)c1. The zero-order valence-corrected chi connectivity index (χ0v) is 14.5. The zero-order chi connectivity index (χ0) is 17.1. The summed E-state index contributed by atoms with van der Waals surface area (Å²) in [5.74, 6) is 0.938. The molecule has 0 aliphatic carbocycles. The van der Waals surface area contributed by atoms with Crippen LogP contribution in [-0.2, 0) is 13.1 Å². The molecule has 3 aromatic rings. The molecule has 3 heterocycles. The molecule has 0 atom stereocenters. The van der Waals surface area contributed by atoms with Gasteiger partial charge in [0.05, 0.1) is 12.2 Å². The number of aryl methyl sites for hydroxylation is 1. The number of nitrogens with one attached hydrogen (secondary N) is 1. The minimum Gasteiger partial charge on any atom is -0.296 e. The highest BCUT2D eigenvalue weighted by molar-refractivity contribution is 5.42. The zero-order valence-electron chi connectivity index (χ0n) is 14.5. The van der Waals surface area contributed by atoms with Crippen LogP contribution in [0.5, 0.6) is 0 Å². The number of nitrogens with zero attached hydrogens (tertiary/aromatic N) is 6. The van der Waals surface area contributed by atoms with E-state index in [2.05, 4.69) is 55.2 Å². The van der Waals surface area contributed by atoms with Gasteiger partial charge < -0.3 is 0 Å². The molecule has 0 radical (unpaired) electrons. The average molecular weight is 337 g/mol. The van der Waals surface area contributed by atoms with Crippen molar-refractivity contribution in [3.8, 4) is 5.69 Å². The molecule has 7 nitrogen and oxygen atoms in total. The van der Waals surface area contributed by atoms with Gasteiger partial charge in [-0.25, -0.2) is 9.67 Å². The number of hydrogen-bond donors (Lipinski definition) is 1. The van der Waals surface area contributed by atoms with Crippen LogP contribution >= 0.6 is 0 Å². The molecular formula is C18H23N7. The number of rotatable bonds is 5. The Balaban J connectivity index is 1.41. The minimum atomic E-state index is 0.844. The summed E-state index contributed by atoms with van der Waals surface area (Å²) in [5.41, 5.74) is 3.78. The predicted octanol–water partition coefficient (Wildman–Crippen LogP) is 1.62. The Hall–Kier alpha value is -2.51. The lowest BCUT2D eigenvalue weighted by Crippen LogP contribution is -2.45. The van der Waals surface area contributed by atoms with Crippen molar-refractivity contribution in [3.63, 3.8) is 0 Å². The third-order valence-corrected chi connectivity index (χ3v) is 4.68. The third kappa shape index (κ3) is 3.78. The second-order valence-corrected chi connectivity index (χ2v) is 6.57. The van der Waals surface area contributed by atoms with Crippen molar-refractivity contribution < 1.29 is 0 Å². The van der Waals surface area contributed by atoms with Crippen molar-refractivity contribution in [1.82, 2.24) is 34.8 Å². The molecule has 1 aliphatic heterocycles. The van der Waals surface area contributed by atoms with Gasteiger partial charge >= 0.3 is 0 Å². The fourth-order valence-corrected chi connectivity index (χ4v) is 3.34. The second-order valence-electron chi connectivity index (χ2n) is 6.57. The van der Waals surface area contributed by atoms with Crippen LogP contribution in [0.2, 0.25) is 0 Å². The summed E-state index contributed by atoms with van der Waals surface area (Å²) >= 11 is 0. The molecule has 4 rings (SSSR count). The topological polar surface area (TPSA) is 65.9 Å². The molecule has 2 aromatic heterocycles. The molecule has 130 valence electrons. The van der Waals surface area contributed by atoms with Crippen LogP contribution in [0, 0.1) is 6.92 Å². The van der Waals surface area contributed by atoms with E-state index in [0.717, 1.165) is 45.1 Å². The maximum absolute atomic E-state index is 4.40. The van der Waals surface area contributed by atoms with Crippen LogP contribution in [0.25, 0.3) is 5.69 Å². The summed E-state index contributed by atoms with van der Waals surface area (Å²) in [6.07, 6.45) is 5.40. The average Bonchev–Trinajstić information content (AvgIpc) is 3.31. The maximum atomic E-state index is 4.40. The van der Waals surface area contributed by atoms with E-state index in [4.69, 9.17) is 0 Å². The van der Waals surface area contributed by atoms with Gasteiger partial charge in [0.1, 0.15) is 12.2 Å². The summed E-state index contributed by atoms with van der Waals surface area (Å²) < 4.78 is 1.95. The van der Waals surface area contributed by atoms with Crippen molar-refractivity contribution in [2.24, 2.45) is 0 Å². The fourth-order valence-electron chi connectivity index (χ4n) is 3.34. The van der Waals surface area contributed by atoms with Crippen LogP contribution < -0.4 is 0 Å². The largest absolute Gasteiger partial charge is 0.296 e. The first-order valence-corrected chi connectivity index (χ1v) is 8.66. The highest BCUT2D eigenvalue weighted by Gasteiger charge is 2.19. The van der Waals surface area contributed by atoms with Crippen molar-refractivity contribution in [1.29, 1.82) is 0 Å². The van der Waals surface area contributed by atoms with Gasteiger partial charge in [0.15, 0.2) is 0 Å². The predicted molar refractivity (Wildman–Crippen MR) is 95.2 cm³/mol. The maximum Gasteiger partial charge on any atom is 0.138 e. The smallest absolute Gasteiger partial charge is 0.138 e. The molecule has 0 saturated carbocycles. The Bertz CT molecular complexity index is 787. The number of aromatic amines is 1. The van der Waals surface area contributed by atoms with Crippen molar-refractivity contribution in [2.45, 2.75) is 20.0 Å². The van der Waals surface area contributed by atoms with Gasteiger partial charge in [-0.05, 0) is 24.6 Å². The Morgan fingerprint density at radius 3 is 2.56 bits per heavy atom. The molecule has 1 aromatic carbocycles.